The van der Waals surface area contributed by atoms with E-state index in [1.54, 1.807) is 0 Å². The van der Waals surface area contributed by atoms with E-state index in [0.29, 0.717) is 18.3 Å². The second kappa shape index (κ2) is 6.75. The summed E-state index contributed by atoms with van der Waals surface area (Å²) in [6.45, 7) is 1.66. The molecule has 0 radical (unpaired) electrons. The first kappa shape index (κ1) is 15.4. The van der Waals surface area contributed by atoms with Gasteiger partial charge in [-0.3, -0.25) is 4.79 Å². The third-order valence-corrected chi connectivity index (χ3v) is 4.96. The van der Waals surface area contributed by atoms with E-state index in [0.717, 1.165) is 49.6 Å². The summed E-state index contributed by atoms with van der Waals surface area (Å²) < 4.78 is 5.40. The Kier molecular flexibility index (Phi) is 4.32. The van der Waals surface area contributed by atoms with E-state index in [1.807, 2.05) is 35.2 Å². The van der Waals surface area contributed by atoms with Gasteiger partial charge in [-0.1, -0.05) is 35.5 Å². The van der Waals surface area contributed by atoms with Crippen molar-refractivity contribution in [3.8, 4) is 0 Å². The number of benzene rings is 1. The fraction of sp³-hybridized carbons (Fsp3) is 0.526. The number of hydrogen-bond acceptors (Lipinski definition) is 4. The Morgan fingerprint density at radius 2 is 2.04 bits per heavy atom. The van der Waals surface area contributed by atoms with Gasteiger partial charge in [0, 0.05) is 25.4 Å². The predicted octanol–water partition coefficient (Wildman–Crippen LogP) is 2.97. The van der Waals surface area contributed by atoms with Gasteiger partial charge in [0.15, 0.2) is 5.82 Å². The van der Waals surface area contributed by atoms with Crippen molar-refractivity contribution in [2.75, 3.05) is 13.1 Å². The molecule has 1 unspecified atom stereocenters. The van der Waals surface area contributed by atoms with Crippen molar-refractivity contribution < 1.29 is 9.32 Å². The van der Waals surface area contributed by atoms with Crippen LogP contribution in [0.25, 0.3) is 0 Å². The van der Waals surface area contributed by atoms with Crippen LogP contribution in [-0.2, 0) is 17.6 Å². The lowest BCUT2D eigenvalue weighted by Gasteiger charge is -2.32. The zero-order valence-corrected chi connectivity index (χ0v) is 13.9. The van der Waals surface area contributed by atoms with Crippen molar-refractivity contribution in [1.29, 1.82) is 0 Å². The van der Waals surface area contributed by atoms with Crippen LogP contribution in [0.2, 0.25) is 0 Å². The molecule has 1 aromatic heterocycles. The lowest BCUT2D eigenvalue weighted by atomic mass is 9.94. The highest BCUT2D eigenvalue weighted by atomic mass is 16.5. The number of carbonyl (C=O) groups is 1. The van der Waals surface area contributed by atoms with E-state index < -0.39 is 0 Å². The van der Waals surface area contributed by atoms with Gasteiger partial charge in [0.25, 0.3) is 0 Å². The van der Waals surface area contributed by atoms with Gasteiger partial charge in [-0.25, -0.2) is 0 Å². The minimum Gasteiger partial charge on any atom is -0.342 e. The SMILES string of the molecule is O=C(Cc1ccccc1)N1CCCC(Cc2nc(C3CC3)no2)C1. The molecule has 1 aliphatic carbocycles. The first-order valence-corrected chi connectivity index (χ1v) is 8.92. The van der Waals surface area contributed by atoms with E-state index in [2.05, 4.69) is 10.1 Å². The van der Waals surface area contributed by atoms with Crippen molar-refractivity contribution in [3.63, 3.8) is 0 Å². The van der Waals surface area contributed by atoms with Gasteiger partial charge >= 0.3 is 0 Å². The second-order valence-electron chi connectivity index (χ2n) is 7.04. The molecule has 1 saturated heterocycles. The van der Waals surface area contributed by atoms with Crippen molar-refractivity contribution in [3.05, 3.63) is 47.6 Å². The maximum Gasteiger partial charge on any atom is 0.226 e. The number of amides is 1. The molecule has 2 aliphatic rings. The van der Waals surface area contributed by atoms with Gasteiger partial charge in [0.2, 0.25) is 11.8 Å². The van der Waals surface area contributed by atoms with Crippen molar-refractivity contribution in [2.45, 2.75) is 44.4 Å². The molecule has 2 aromatic rings. The molecule has 0 N–H and O–H groups in total. The number of nitrogens with zero attached hydrogens (tertiary/aromatic N) is 3. The normalized spacial score (nSPS) is 21.0. The molecule has 1 aromatic carbocycles. The highest BCUT2D eigenvalue weighted by Gasteiger charge is 2.30. The number of piperidine rings is 1. The van der Waals surface area contributed by atoms with Crippen molar-refractivity contribution in [1.82, 2.24) is 15.0 Å². The van der Waals surface area contributed by atoms with E-state index >= 15 is 0 Å². The summed E-state index contributed by atoms with van der Waals surface area (Å²) in [4.78, 5) is 19.1. The summed E-state index contributed by atoms with van der Waals surface area (Å²) >= 11 is 0. The fourth-order valence-corrected chi connectivity index (χ4v) is 3.45. The van der Waals surface area contributed by atoms with Crippen LogP contribution in [0.15, 0.2) is 34.9 Å². The molecule has 1 amide bonds. The molecule has 5 heteroatoms. The molecule has 4 rings (SSSR count). The predicted molar refractivity (Wildman–Crippen MR) is 89.4 cm³/mol. The Hall–Kier alpha value is -2.17. The number of aromatic nitrogens is 2. The van der Waals surface area contributed by atoms with Crippen LogP contribution in [0, 0.1) is 5.92 Å². The summed E-state index contributed by atoms with van der Waals surface area (Å²) in [5.41, 5.74) is 1.08. The molecule has 1 aliphatic heterocycles. The molecular formula is C19H23N3O2. The lowest BCUT2D eigenvalue weighted by Crippen LogP contribution is -2.41. The Morgan fingerprint density at radius 1 is 1.21 bits per heavy atom. The summed E-state index contributed by atoms with van der Waals surface area (Å²) in [7, 11) is 0. The van der Waals surface area contributed by atoms with Gasteiger partial charge in [-0.15, -0.1) is 0 Å². The Balaban J connectivity index is 1.33. The minimum absolute atomic E-state index is 0.218. The standard InChI is InChI=1S/C19H23N3O2/c23-18(12-14-5-2-1-3-6-14)22-10-4-7-15(13-22)11-17-20-19(21-24-17)16-8-9-16/h1-3,5-6,15-16H,4,7-13H2. The average molecular weight is 325 g/mol. The summed E-state index contributed by atoms with van der Waals surface area (Å²) in [6.07, 6.45) is 5.81. The van der Waals surface area contributed by atoms with Crippen LogP contribution in [-0.4, -0.2) is 34.0 Å². The monoisotopic (exact) mass is 325 g/mol. The Labute approximate surface area is 142 Å². The molecule has 1 atom stereocenters. The summed E-state index contributed by atoms with van der Waals surface area (Å²) in [6, 6.07) is 9.96. The lowest BCUT2D eigenvalue weighted by molar-refractivity contribution is -0.132. The van der Waals surface area contributed by atoms with E-state index in [9.17, 15) is 4.79 Å². The molecule has 0 spiro atoms. The van der Waals surface area contributed by atoms with E-state index in [1.165, 1.54) is 12.8 Å². The molecule has 5 nitrogen and oxygen atoms in total. The maximum atomic E-state index is 12.5. The highest BCUT2D eigenvalue weighted by Crippen LogP contribution is 2.38. The van der Waals surface area contributed by atoms with Crippen LogP contribution in [0.3, 0.4) is 0 Å². The third-order valence-electron chi connectivity index (χ3n) is 4.96. The van der Waals surface area contributed by atoms with Crippen LogP contribution in [0.4, 0.5) is 0 Å². The van der Waals surface area contributed by atoms with E-state index in [-0.39, 0.29) is 5.91 Å². The minimum atomic E-state index is 0.218. The average Bonchev–Trinajstić information content (AvgIpc) is 3.36. The molecule has 2 heterocycles. The molecule has 1 saturated carbocycles. The Morgan fingerprint density at radius 3 is 2.83 bits per heavy atom. The highest BCUT2D eigenvalue weighted by molar-refractivity contribution is 5.78. The van der Waals surface area contributed by atoms with Crippen molar-refractivity contribution >= 4 is 5.91 Å². The largest absolute Gasteiger partial charge is 0.342 e. The number of likely N-dealkylation sites (tertiary alicyclic amines) is 1. The zero-order chi connectivity index (χ0) is 16.4. The fourth-order valence-electron chi connectivity index (χ4n) is 3.45. The smallest absolute Gasteiger partial charge is 0.226 e. The van der Waals surface area contributed by atoms with Gasteiger partial charge in [0.1, 0.15) is 0 Å². The molecule has 2 fully saturated rings. The van der Waals surface area contributed by atoms with Crippen molar-refractivity contribution in [2.24, 2.45) is 5.92 Å². The number of hydrogen-bond donors (Lipinski definition) is 0. The second-order valence-corrected chi connectivity index (χ2v) is 7.04. The maximum absolute atomic E-state index is 12.5. The molecule has 0 bridgehead atoms. The molecule has 126 valence electrons. The quantitative estimate of drug-likeness (QED) is 0.848. The molecular weight excluding hydrogens is 302 g/mol. The Bertz CT molecular complexity index is 694. The first-order chi connectivity index (χ1) is 11.8. The topological polar surface area (TPSA) is 59.2 Å². The number of rotatable bonds is 5. The zero-order valence-electron chi connectivity index (χ0n) is 13.9. The summed E-state index contributed by atoms with van der Waals surface area (Å²) in [5.74, 6) is 2.77. The number of carbonyl (C=O) groups excluding carboxylic acids is 1. The first-order valence-electron chi connectivity index (χ1n) is 8.92. The van der Waals surface area contributed by atoms with Gasteiger partial charge in [-0.2, -0.15) is 4.98 Å². The van der Waals surface area contributed by atoms with Crippen LogP contribution in [0.1, 0.15) is 48.9 Å². The van der Waals surface area contributed by atoms with E-state index in [4.69, 9.17) is 4.52 Å². The third kappa shape index (κ3) is 3.66. The van der Waals surface area contributed by atoms with Gasteiger partial charge < -0.3 is 9.42 Å². The summed E-state index contributed by atoms with van der Waals surface area (Å²) in [5, 5.41) is 4.09. The van der Waals surface area contributed by atoms with Gasteiger partial charge in [-0.05, 0) is 37.2 Å². The van der Waals surface area contributed by atoms with Crippen LogP contribution < -0.4 is 0 Å². The van der Waals surface area contributed by atoms with Gasteiger partial charge in [0.05, 0.1) is 6.42 Å². The molecule has 24 heavy (non-hydrogen) atoms. The van der Waals surface area contributed by atoms with Crippen LogP contribution >= 0.6 is 0 Å². The van der Waals surface area contributed by atoms with Crippen LogP contribution in [0.5, 0.6) is 0 Å².